The molecule has 0 unspecified atom stereocenters. The van der Waals surface area contributed by atoms with Gasteiger partial charge < -0.3 is 20.7 Å². The number of nitrogen functional groups attached to an aromatic ring is 1. The number of anilines is 1. The molecule has 0 radical (unpaired) electrons. The van der Waals surface area contributed by atoms with Crippen molar-refractivity contribution in [1.82, 2.24) is 9.88 Å². The molecule has 0 bridgehead atoms. The summed E-state index contributed by atoms with van der Waals surface area (Å²) in [4.78, 5) is 12.1. The van der Waals surface area contributed by atoms with Gasteiger partial charge in [0.2, 0.25) is 0 Å². The van der Waals surface area contributed by atoms with Crippen LogP contribution in [0.25, 0.3) is 0 Å². The molecule has 1 heterocycles. The first kappa shape index (κ1) is 13.2. The average molecular weight is 259 g/mol. The van der Waals surface area contributed by atoms with Crippen LogP contribution in [-0.2, 0) is 7.05 Å². The van der Waals surface area contributed by atoms with E-state index in [4.69, 9.17) is 5.73 Å². The zero-order valence-electron chi connectivity index (χ0n) is 10.7. The molecule has 1 aromatic heterocycles. The zero-order valence-corrected chi connectivity index (χ0v) is 10.7. The van der Waals surface area contributed by atoms with Crippen LogP contribution in [0.5, 0.6) is 0 Å². The van der Waals surface area contributed by atoms with E-state index in [0.717, 1.165) is 5.56 Å². The molecule has 5 nitrogen and oxygen atoms in total. The van der Waals surface area contributed by atoms with E-state index in [1.165, 1.54) is 0 Å². The third kappa shape index (κ3) is 2.95. The molecule has 0 saturated heterocycles. The fraction of sp³-hybridized carbons (Fsp3) is 0.214. The molecule has 0 aliphatic heterocycles. The molecule has 0 fully saturated rings. The number of amides is 1. The Labute approximate surface area is 111 Å². The van der Waals surface area contributed by atoms with E-state index in [-0.39, 0.29) is 12.5 Å². The monoisotopic (exact) mass is 259 g/mol. The van der Waals surface area contributed by atoms with Gasteiger partial charge >= 0.3 is 0 Å². The predicted octanol–water partition coefficient (Wildman–Crippen LogP) is 1.07. The second-order valence-corrected chi connectivity index (χ2v) is 4.39. The largest absolute Gasteiger partial charge is 0.397 e. The highest BCUT2D eigenvalue weighted by atomic mass is 16.3. The molecule has 2 aromatic rings. The molecular formula is C14H17N3O2. The van der Waals surface area contributed by atoms with Gasteiger partial charge in [-0.2, -0.15) is 0 Å². The van der Waals surface area contributed by atoms with Crippen LogP contribution in [0.1, 0.15) is 22.1 Å². The van der Waals surface area contributed by atoms with Gasteiger partial charge in [-0.3, -0.25) is 4.79 Å². The number of benzene rings is 1. The summed E-state index contributed by atoms with van der Waals surface area (Å²) in [5.41, 5.74) is 7.50. The molecule has 1 aromatic carbocycles. The smallest absolute Gasteiger partial charge is 0.268 e. The van der Waals surface area contributed by atoms with Gasteiger partial charge in [-0.25, -0.2) is 0 Å². The number of carbonyl (C=O) groups is 1. The number of hydrogen-bond donors (Lipinski definition) is 3. The number of nitrogens with zero attached hydrogens (tertiary/aromatic N) is 1. The van der Waals surface area contributed by atoms with Gasteiger partial charge in [-0.15, -0.1) is 0 Å². The second-order valence-electron chi connectivity index (χ2n) is 4.39. The van der Waals surface area contributed by atoms with Crippen LogP contribution in [0.2, 0.25) is 0 Å². The minimum atomic E-state index is -0.426. The Morgan fingerprint density at radius 2 is 2.11 bits per heavy atom. The molecule has 5 heteroatoms. The van der Waals surface area contributed by atoms with E-state index in [1.54, 1.807) is 23.9 Å². The van der Waals surface area contributed by atoms with E-state index in [0.29, 0.717) is 11.4 Å². The van der Waals surface area contributed by atoms with Crippen molar-refractivity contribution in [3.05, 3.63) is 53.9 Å². The lowest BCUT2D eigenvalue weighted by Crippen LogP contribution is -2.31. The Morgan fingerprint density at radius 3 is 2.63 bits per heavy atom. The van der Waals surface area contributed by atoms with Crippen LogP contribution < -0.4 is 11.1 Å². The Bertz CT molecular complexity index is 563. The maximum absolute atomic E-state index is 12.1. The van der Waals surface area contributed by atoms with Gasteiger partial charge in [-0.1, -0.05) is 30.3 Å². The van der Waals surface area contributed by atoms with Gasteiger partial charge in [0.1, 0.15) is 5.69 Å². The Kier molecular flexibility index (Phi) is 3.87. The average Bonchev–Trinajstić information content (AvgIpc) is 2.76. The van der Waals surface area contributed by atoms with E-state index in [1.807, 2.05) is 30.3 Å². The van der Waals surface area contributed by atoms with Gasteiger partial charge in [-0.05, 0) is 11.6 Å². The van der Waals surface area contributed by atoms with Crippen LogP contribution >= 0.6 is 0 Å². The van der Waals surface area contributed by atoms with Crippen molar-refractivity contribution in [2.75, 3.05) is 12.3 Å². The second kappa shape index (κ2) is 5.58. The van der Waals surface area contributed by atoms with Crippen molar-refractivity contribution in [2.24, 2.45) is 7.05 Å². The molecule has 1 amide bonds. The number of aromatic nitrogens is 1. The summed E-state index contributed by atoms with van der Waals surface area (Å²) in [5.74, 6) is -0.262. The molecule has 0 spiro atoms. The highest BCUT2D eigenvalue weighted by molar-refractivity contribution is 5.94. The van der Waals surface area contributed by atoms with Gasteiger partial charge in [0.25, 0.3) is 5.91 Å². The molecule has 0 aliphatic rings. The molecule has 100 valence electrons. The summed E-state index contributed by atoms with van der Waals surface area (Å²) in [5, 5.41) is 12.2. The van der Waals surface area contributed by atoms with Gasteiger partial charge in [0, 0.05) is 13.2 Å². The predicted molar refractivity (Wildman–Crippen MR) is 73.6 cm³/mol. The van der Waals surface area contributed by atoms with E-state index >= 15 is 0 Å². The van der Waals surface area contributed by atoms with Crippen molar-refractivity contribution >= 4 is 11.6 Å². The maximum Gasteiger partial charge on any atom is 0.268 e. The molecular weight excluding hydrogens is 242 g/mol. The van der Waals surface area contributed by atoms with Crippen molar-refractivity contribution in [3.8, 4) is 0 Å². The number of carbonyl (C=O) groups excluding carboxylic acids is 1. The first-order valence-corrected chi connectivity index (χ1v) is 6.00. The van der Waals surface area contributed by atoms with Crippen LogP contribution in [0.3, 0.4) is 0 Å². The maximum atomic E-state index is 12.1. The Morgan fingerprint density at radius 1 is 1.42 bits per heavy atom. The third-order valence-corrected chi connectivity index (χ3v) is 2.95. The highest BCUT2D eigenvalue weighted by Crippen LogP contribution is 2.14. The minimum Gasteiger partial charge on any atom is -0.397 e. The zero-order chi connectivity index (χ0) is 13.8. The summed E-state index contributed by atoms with van der Waals surface area (Å²) >= 11 is 0. The number of aliphatic hydroxyl groups is 1. The third-order valence-electron chi connectivity index (χ3n) is 2.95. The fourth-order valence-corrected chi connectivity index (χ4v) is 1.97. The lowest BCUT2D eigenvalue weighted by Gasteiger charge is -2.16. The van der Waals surface area contributed by atoms with E-state index in [9.17, 15) is 9.90 Å². The Hall–Kier alpha value is -2.27. The summed E-state index contributed by atoms with van der Waals surface area (Å²) < 4.78 is 1.66. The highest BCUT2D eigenvalue weighted by Gasteiger charge is 2.17. The quantitative estimate of drug-likeness (QED) is 0.768. The van der Waals surface area contributed by atoms with Crippen molar-refractivity contribution in [2.45, 2.75) is 6.04 Å². The SMILES string of the molecule is Cn1cc(N)cc1C(=O)N[C@H](CO)c1ccccc1. The standard InChI is InChI=1S/C14H17N3O2/c1-17-8-11(15)7-13(17)14(19)16-12(9-18)10-5-3-2-4-6-10/h2-8,12,18H,9,15H2,1H3,(H,16,19)/t12-/m1/s1. The van der Waals surface area contributed by atoms with Crippen molar-refractivity contribution in [3.63, 3.8) is 0 Å². The summed E-state index contributed by atoms with van der Waals surface area (Å²) in [6, 6.07) is 10.5. The van der Waals surface area contributed by atoms with Crippen LogP contribution in [0, 0.1) is 0 Å². The lowest BCUT2D eigenvalue weighted by molar-refractivity contribution is 0.0908. The van der Waals surface area contributed by atoms with Crippen LogP contribution in [0.4, 0.5) is 5.69 Å². The molecule has 4 N–H and O–H groups in total. The van der Waals surface area contributed by atoms with E-state index in [2.05, 4.69) is 5.32 Å². The summed E-state index contributed by atoms with van der Waals surface area (Å²) in [6.07, 6.45) is 1.67. The van der Waals surface area contributed by atoms with Crippen LogP contribution in [0.15, 0.2) is 42.6 Å². The fourth-order valence-electron chi connectivity index (χ4n) is 1.97. The number of rotatable bonds is 4. The molecule has 2 rings (SSSR count). The first-order valence-electron chi connectivity index (χ1n) is 6.00. The summed E-state index contributed by atoms with van der Waals surface area (Å²) in [6.45, 7) is -0.157. The van der Waals surface area contributed by atoms with Gasteiger partial charge in [0.05, 0.1) is 18.3 Å². The first-order chi connectivity index (χ1) is 9.11. The number of aryl methyl sites for hydroxylation is 1. The number of nitrogens with two attached hydrogens (primary N) is 1. The lowest BCUT2D eigenvalue weighted by atomic mass is 10.1. The molecule has 1 atom stereocenters. The normalized spacial score (nSPS) is 12.1. The van der Waals surface area contributed by atoms with Crippen molar-refractivity contribution < 1.29 is 9.90 Å². The molecule has 0 saturated carbocycles. The van der Waals surface area contributed by atoms with Crippen LogP contribution in [-0.4, -0.2) is 22.2 Å². The minimum absolute atomic E-state index is 0.157. The van der Waals surface area contributed by atoms with E-state index < -0.39 is 6.04 Å². The Balaban J connectivity index is 2.15. The number of nitrogens with one attached hydrogen (secondary N) is 1. The number of hydrogen-bond acceptors (Lipinski definition) is 3. The molecule has 19 heavy (non-hydrogen) atoms. The van der Waals surface area contributed by atoms with Gasteiger partial charge in [0.15, 0.2) is 0 Å². The molecule has 0 aliphatic carbocycles. The summed E-state index contributed by atoms with van der Waals surface area (Å²) in [7, 11) is 1.75. The van der Waals surface area contributed by atoms with Crippen molar-refractivity contribution in [1.29, 1.82) is 0 Å². The number of aliphatic hydroxyl groups excluding tert-OH is 1. The topological polar surface area (TPSA) is 80.3 Å².